The minimum absolute atomic E-state index is 0.0462. The van der Waals surface area contributed by atoms with E-state index in [-0.39, 0.29) is 18.3 Å². The topological polar surface area (TPSA) is 75.9 Å². The summed E-state index contributed by atoms with van der Waals surface area (Å²) in [5, 5.41) is 14.3. The van der Waals surface area contributed by atoms with E-state index in [1.165, 1.54) is 24.3 Å². The monoisotopic (exact) mass is 326 g/mol. The van der Waals surface area contributed by atoms with Crippen LogP contribution >= 0.6 is 0 Å². The minimum atomic E-state index is -0.354. The van der Waals surface area contributed by atoms with Gasteiger partial charge >= 0.3 is 0 Å². The van der Waals surface area contributed by atoms with Crippen LogP contribution in [0.25, 0.3) is 5.69 Å². The van der Waals surface area contributed by atoms with Crippen molar-refractivity contribution in [2.75, 3.05) is 23.8 Å². The molecule has 1 aromatic heterocycles. The number of aromatic nitrogens is 4. The second-order valence-electron chi connectivity index (χ2n) is 5.14. The predicted molar refractivity (Wildman–Crippen MR) is 87.5 cm³/mol. The first-order chi connectivity index (χ1) is 11.6. The molecule has 24 heavy (non-hydrogen) atoms. The Balaban J connectivity index is 1.69. The number of rotatable bonds is 5. The molecule has 3 aromatic rings. The summed E-state index contributed by atoms with van der Waals surface area (Å²) in [6.07, 6.45) is 0. The summed E-state index contributed by atoms with van der Waals surface area (Å²) < 4.78 is 14.4. The molecule has 0 unspecified atom stereocenters. The number of anilines is 2. The Hall–Kier alpha value is -3.29. The molecule has 1 amide bonds. The molecule has 0 atom stereocenters. The van der Waals surface area contributed by atoms with Gasteiger partial charge in [0.25, 0.3) is 5.95 Å². The van der Waals surface area contributed by atoms with Gasteiger partial charge in [0, 0.05) is 12.7 Å². The molecule has 0 saturated carbocycles. The van der Waals surface area contributed by atoms with Crippen molar-refractivity contribution in [2.45, 2.75) is 0 Å². The molecular weight excluding hydrogens is 311 g/mol. The number of carbonyl (C=O) groups excluding carboxylic acids is 1. The highest BCUT2D eigenvalue weighted by Crippen LogP contribution is 2.14. The molecule has 7 nitrogen and oxygen atoms in total. The van der Waals surface area contributed by atoms with E-state index in [4.69, 9.17) is 0 Å². The Bertz CT molecular complexity index is 818. The van der Waals surface area contributed by atoms with Crippen LogP contribution in [0, 0.1) is 5.82 Å². The van der Waals surface area contributed by atoms with Crippen LogP contribution < -0.4 is 10.2 Å². The second kappa shape index (κ2) is 6.86. The lowest BCUT2D eigenvalue weighted by molar-refractivity contribution is -0.114. The van der Waals surface area contributed by atoms with E-state index in [1.807, 2.05) is 30.3 Å². The van der Waals surface area contributed by atoms with Gasteiger partial charge in [-0.3, -0.25) is 4.79 Å². The molecule has 0 aliphatic carbocycles. The van der Waals surface area contributed by atoms with E-state index < -0.39 is 0 Å². The molecule has 0 aliphatic rings. The number of amides is 1. The van der Waals surface area contributed by atoms with Gasteiger partial charge in [-0.1, -0.05) is 23.3 Å². The highest BCUT2D eigenvalue weighted by molar-refractivity contribution is 5.93. The van der Waals surface area contributed by atoms with Crippen molar-refractivity contribution in [1.82, 2.24) is 20.2 Å². The number of nitrogens with zero attached hydrogens (tertiary/aromatic N) is 5. The number of carbonyl (C=O) groups is 1. The summed E-state index contributed by atoms with van der Waals surface area (Å²) in [5.74, 6) is -0.172. The number of likely N-dealkylation sites (N-methyl/N-ethyl adjacent to an activating group) is 1. The lowest BCUT2D eigenvalue weighted by Crippen LogP contribution is -2.32. The fraction of sp³-hybridized carbons (Fsp3) is 0.125. The molecule has 122 valence electrons. The van der Waals surface area contributed by atoms with Gasteiger partial charge in [-0.2, -0.15) is 4.68 Å². The summed E-state index contributed by atoms with van der Waals surface area (Å²) in [6, 6.07) is 15.0. The fourth-order valence-corrected chi connectivity index (χ4v) is 2.18. The van der Waals surface area contributed by atoms with Gasteiger partial charge in [-0.15, -0.1) is 0 Å². The standard InChI is InChI=1S/C16H15FN6O/c1-22(11-15(24)18-13-9-7-12(17)8-10-13)16-19-20-21-23(16)14-5-3-2-4-6-14/h2-10H,11H2,1H3,(H,18,24). The lowest BCUT2D eigenvalue weighted by Gasteiger charge is -2.17. The third kappa shape index (κ3) is 3.54. The van der Waals surface area contributed by atoms with Crippen LogP contribution in [0.5, 0.6) is 0 Å². The molecule has 0 saturated heterocycles. The number of halogens is 1. The van der Waals surface area contributed by atoms with Crippen molar-refractivity contribution in [3.63, 3.8) is 0 Å². The Kier molecular flexibility index (Phi) is 4.46. The molecule has 0 bridgehead atoms. The minimum Gasteiger partial charge on any atom is -0.333 e. The lowest BCUT2D eigenvalue weighted by atomic mass is 10.3. The van der Waals surface area contributed by atoms with E-state index in [0.29, 0.717) is 11.6 Å². The van der Waals surface area contributed by atoms with Crippen molar-refractivity contribution < 1.29 is 9.18 Å². The second-order valence-corrected chi connectivity index (χ2v) is 5.14. The third-order valence-electron chi connectivity index (χ3n) is 3.30. The SMILES string of the molecule is CN(CC(=O)Nc1ccc(F)cc1)c1nnnn1-c1ccccc1. The fourth-order valence-electron chi connectivity index (χ4n) is 2.18. The zero-order valence-electron chi connectivity index (χ0n) is 12.9. The Labute approximate surface area is 137 Å². The highest BCUT2D eigenvalue weighted by atomic mass is 19.1. The number of hydrogen-bond donors (Lipinski definition) is 1. The predicted octanol–water partition coefficient (Wildman–Crippen LogP) is 1.88. The Morgan fingerprint density at radius 3 is 2.58 bits per heavy atom. The van der Waals surface area contributed by atoms with Gasteiger partial charge in [0.1, 0.15) is 5.82 Å². The highest BCUT2D eigenvalue weighted by Gasteiger charge is 2.15. The Morgan fingerprint density at radius 2 is 1.88 bits per heavy atom. The first-order valence-electron chi connectivity index (χ1n) is 7.24. The van der Waals surface area contributed by atoms with Crippen LogP contribution in [0.15, 0.2) is 54.6 Å². The third-order valence-corrected chi connectivity index (χ3v) is 3.30. The van der Waals surface area contributed by atoms with Crippen molar-refractivity contribution in [3.8, 4) is 5.69 Å². The van der Waals surface area contributed by atoms with Crippen molar-refractivity contribution in [1.29, 1.82) is 0 Å². The average Bonchev–Trinajstić information content (AvgIpc) is 3.07. The van der Waals surface area contributed by atoms with E-state index in [9.17, 15) is 9.18 Å². The van der Waals surface area contributed by atoms with E-state index in [0.717, 1.165) is 5.69 Å². The summed E-state index contributed by atoms with van der Waals surface area (Å²) in [7, 11) is 1.72. The molecule has 0 fully saturated rings. The van der Waals surface area contributed by atoms with Gasteiger partial charge in [-0.25, -0.2) is 4.39 Å². The first-order valence-corrected chi connectivity index (χ1v) is 7.24. The van der Waals surface area contributed by atoms with Crippen LogP contribution in [-0.4, -0.2) is 39.7 Å². The smallest absolute Gasteiger partial charge is 0.250 e. The summed E-state index contributed by atoms with van der Waals surface area (Å²) in [6.45, 7) is 0.0462. The molecule has 3 rings (SSSR count). The number of nitrogens with one attached hydrogen (secondary N) is 1. The summed E-state index contributed by atoms with van der Waals surface area (Å²) in [5.41, 5.74) is 1.32. The molecule has 0 aliphatic heterocycles. The molecule has 8 heteroatoms. The van der Waals surface area contributed by atoms with Gasteiger partial charge in [0.15, 0.2) is 0 Å². The number of hydrogen-bond acceptors (Lipinski definition) is 5. The van der Waals surface area contributed by atoms with Crippen molar-refractivity contribution in [3.05, 3.63) is 60.4 Å². The number of tetrazole rings is 1. The number of para-hydroxylation sites is 1. The van der Waals surface area contributed by atoms with Crippen LogP contribution in [0.4, 0.5) is 16.0 Å². The maximum Gasteiger partial charge on any atom is 0.250 e. The van der Waals surface area contributed by atoms with E-state index >= 15 is 0 Å². The van der Waals surface area contributed by atoms with E-state index in [1.54, 1.807) is 16.6 Å². The zero-order valence-corrected chi connectivity index (χ0v) is 12.9. The molecule has 1 N–H and O–H groups in total. The molecule has 1 heterocycles. The largest absolute Gasteiger partial charge is 0.333 e. The molecular formula is C16H15FN6O. The molecule has 0 spiro atoms. The van der Waals surface area contributed by atoms with Gasteiger partial charge in [-0.05, 0) is 46.8 Å². The van der Waals surface area contributed by atoms with Gasteiger partial charge in [0.05, 0.1) is 12.2 Å². The average molecular weight is 326 g/mol. The molecule has 0 radical (unpaired) electrons. The number of benzene rings is 2. The van der Waals surface area contributed by atoms with Crippen LogP contribution in [0.2, 0.25) is 0 Å². The molecule has 2 aromatic carbocycles. The van der Waals surface area contributed by atoms with Crippen molar-refractivity contribution in [2.24, 2.45) is 0 Å². The summed E-state index contributed by atoms with van der Waals surface area (Å²) in [4.78, 5) is 13.8. The normalized spacial score (nSPS) is 10.4. The maximum absolute atomic E-state index is 12.9. The van der Waals surface area contributed by atoms with E-state index in [2.05, 4.69) is 20.8 Å². The maximum atomic E-state index is 12.9. The van der Waals surface area contributed by atoms with Crippen LogP contribution in [0.3, 0.4) is 0 Å². The van der Waals surface area contributed by atoms with Gasteiger partial charge < -0.3 is 10.2 Å². The quantitative estimate of drug-likeness (QED) is 0.775. The van der Waals surface area contributed by atoms with Crippen molar-refractivity contribution >= 4 is 17.5 Å². The van der Waals surface area contributed by atoms with Gasteiger partial charge in [0.2, 0.25) is 5.91 Å². The van der Waals surface area contributed by atoms with Crippen LogP contribution in [0.1, 0.15) is 0 Å². The zero-order chi connectivity index (χ0) is 16.9. The van der Waals surface area contributed by atoms with Crippen LogP contribution in [-0.2, 0) is 4.79 Å². The Morgan fingerprint density at radius 1 is 1.17 bits per heavy atom. The first kappa shape index (κ1) is 15.6. The summed E-state index contributed by atoms with van der Waals surface area (Å²) >= 11 is 0.